The van der Waals surface area contributed by atoms with Gasteiger partial charge in [0.1, 0.15) is 18.0 Å². The number of benzene rings is 1. The van der Waals surface area contributed by atoms with Crippen LogP contribution >= 0.6 is 7.82 Å². The highest BCUT2D eigenvalue weighted by atomic mass is 32.2. The summed E-state index contributed by atoms with van der Waals surface area (Å²) in [5, 5.41) is 32.7. The summed E-state index contributed by atoms with van der Waals surface area (Å²) >= 11 is -3.20. The number of hydrogen-bond donors (Lipinski definition) is 4. The molecule has 0 spiro atoms. The van der Waals surface area contributed by atoms with Gasteiger partial charge in [-0.25, -0.2) is 9.36 Å². The first-order chi connectivity index (χ1) is 19.7. The maximum Gasteiger partial charge on any atom is 0.605 e. The molecule has 4 N–H and O–H groups in total. The second kappa shape index (κ2) is 10.9. The maximum absolute atomic E-state index is 13.7. The molecule has 3 saturated carbocycles. The number of carbonyl (C=O) groups is 3. The zero-order valence-electron chi connectivity index (χ0n) is 23.0. The Morgan fingerprint density at radius 3 is 2.48 bits per heavy atom. The van der Waals surface area contributed by atoms with Crippen LogP contribution in [0.3, 0.4) is 0 Å². The van der Waals surface area contributed by atoms with E-state index in [9.17, 15) is 43.0 Å². The first-order valence-corrected chi connectivity index (χ1v) is 16.1. The van der Waals surface area contributed by atoms with Crippen molar-refractivity contribution in [3.8, 4) is 0 Å². The monoisotopic (exact) mass is 624 g/mol. The highest BCUT2D eigenvalue weighted by Gasteiger charge is 2.69. The molecule has 0 bridgehead atoms. The van der Waals surface area contributed by atoms with Crippen LogP contribution in [0.4, 0.5) is 0 Å². The Morgan fingerprint density at radius 2 is 1.83 bits per heavy atom. The van der Waals surface area contributed by atoms with Crippen molar-refractivity contribution >= 4 is 36.7 Å². The minimum atomic E-state index is -5.18. The predicted octanol–water partition coefficient (Wildman–Crippen LogP) is 3.02. The van der Waals surface area contributed by atoms with Crippen molar-refractivity contribution in [1.29, 1.82) is 0 Å². The third-order valence-electron chi connectivity index (χ3n) is 9.96. The van der Waals surface area contributed by atoms with E-state index in [0.717, 1.165) is 6.08 Å². The van der Waals surface area contributed by atoms with E-state index in [4.69, 9.17) is 9.05 Å². The third-order valence-corrected chi connectivity index (χ3v) is 12.0. The van der Waals surface area contributed by atoms with Crippen LogP contribution in [0.25, 0.3) is 0 Å². The molecule has 4 aliphatic carbocycles. The lowest BCUT2D eigenvalue weighted by molar-refractivity contribution is -0.180. The fraction of sp³-hybridized carbons (Fsp3) is 0.536. The number of aliphatic hydroxyl groups excluding tert-OH is 2. The number of Topliss-reactive ketones (excluding diaryl/α,β-unsaturated/α-hetero) is 1. The van der Waals surface area contributed by atoms with Crippen LogP contribution in [-0.4, -0.2) is 59.9 Å². The molecule has 0 amide bonds. The fourth-order valence-corrected chi connectivity index (χ4v) is 9.79. The van der Waals surface area contributed by atoms with Crippen molar-refractivity contribution in [3.05, 3.63) is 59.4 Å². The van der Waals surface area contributed by atoms with Gasteiger partial charge in [-0.15, -0.1) is 3.97 Å². The van der Waals surface area contributed by atoms with E-state index in [1.165, 1.54) is 30.3 Å². The molecule has 14 heteroatoms. The summed E-state index contributed by atoms with van der Waals surface area (Å²) in [6.07, 6.45) is 2.68. The average Bonchev–Trinajstić information content (AvgIpc) is 3.19. The Morgan fingerprint density at radius 1 is 1.14 bits per heavy atom. The SMILES string of the molecule is C[C@@]12C(=CC(=O)C=C1OP(=O)(OC(=O)c1ccccc1)OS(=O)O)CC[C@@H]1[C@@H]2[C@@H](O)C[C@@]2(C)[C@H]1CC[C@]2(O)C(=O)CO. The fourth-order valence-electron chi connectivity index (χ4n) is 8.09. The standard InChI is InChI=1S/C28H33O12PS/c1-26-14-21(31)24-19(20(26)10-11-28(26,34)22(32)15-29)9-8-17-12-18(30)13-23(27(17,24)2)38-41(35,40-42(36)37)39-25(33)16-6-4-3-5-7-16/h3-7,12-13,19-21,24,29,31,34H,8-11,14-15H2,1-2H3,(H,36,37)/t19-,20-,21-,24+,26-,27+,28-,41?/m0/s1. The summed E-state index contributed by atoms with van der Waals surface area (Å²) < 4.78 is 50.0. The lowest BCUT2D eigenvalue weighted by atomic mass is 9.46. The van der Waals surface area contributed by atoms with E-state index in [1.807, 2.05) is 0 Å². The molecular formula is C28H33O12PS. The van der Waals surface area contributed by atoms with Crippen LogP contribution in [0.5, 0.6) is 0 Å². The van der Waals surface area contributed by atoms with Crippen LogP contribution < -0.4 is 0 Å². The van der Waals surface area contributed by atoms with Crippen molar-refractivity contribution in [2.45, 2.75) is 57.7 Å². The van der Waals surface area contributed by atoms with Gasteiger partial charge >= 0.3 is 25.2 Å². The van der Waals surface area contributed by atoms with Gasteiger partial charge in [0.15, 0.2) is 11.6 Å². The number of hydrogen-bond acceptors (Lipinski definition) is 11. The molecule has 9 atom stereocenters. The molecule has 0 aromatic heterocycles. The van der Waals surface area contributed by atoms with Gasteiger partial charge in [-0.2, -0.15) is 4.21 Å². The van der Waals surface area contributed by atoms with Gasteiger partial charge in [-0.05, 0) is 69.1 Å². The molecular weight excluding hydrogens is 591 g/mol. The van der Waals surface area contributed by atoms with E-state index in [0.29, 0.717) is 24.8 Å². The van der Waals surface area contributed by atoms with E-state index in [2.05, 4.69) is 3.97 Å². The van der Waals surface area contributed by atoms with Gasteiger partial charge in [0.25, 0.3) is 0 Å². The van der Waals surface area contributed by atoms with E-state index < -0.39 is 71.8 Å². The topological polar surface area (TPSA) is 194 Å². The van der Waals surface area contributed by atoms with Gasteiger partial charge in [-0.3, -0.25) is 14.1 Å². The lowest BCUT2D eigenvalue weighted by Crippen LogP contribution is -2.62. The molecule has 2 unspecified atom stereocenters. The molecule has 0 heterocycles. The Balaban J connectivity index is 1.52. The normalized spacial score (nSPS) is 37.6. The van der Waals surface area contributed by atoms with Crippen molar-refractivity contribution in [3.63, 3.8) is 0 Å². The average molecular weight is 625 g/mol. The van der Waals surface area contributed by atoms with Crippen molar-refractivity contribution in [2.75, 3.05) is 6.61 Å². The van der Waals surface area contributed by atoms with Gasteiger partial charge in [0, 0.05) is 17.4 Å². The Labute approximate surface area is 244 Å². The van der Waals surface area contributed by atoms with Crippen LogP contribution in [0, 0.1) is 28.6 Å². The zero-order chi connectivity index (χ0) is 30.7. The molecule has 12 nitrogen and oxygen atoms in total. The molecule has 3 fully saturated rings. The van der Waals surface area contributed by atoms with Crippen LogP contribution in [0.1, 0.15) is 56.3 Å². The summed E-state index contributed by atoms with van der Waals surface area (Å²) in [7, 11) is -5.18. The number of fused-ring (bicyclic) bond motifs is 5. The summed E-state index contributed by atoms with van der Waals surface area (Å²) in [5.41, 5.74) is -3.65. The first kappa shape index (κ1) is 30.9. The second-order valence-corrected chi connectivity index (χ2v) is 14.2. The molecule has 0 radical (unpaired) electrons. The molecule has 228 valence electrons. The number of rotatable bonds is 8. The maximum atomic E-state index is 13.7. The van der Waals surface area contributed by atoms with Crippen LogP contribution in [-0.2, 0) is 38.5 Å². The van der Waals surface area contributed by atoms with Crippen molar-refractivity contribution in [2.24, 2.45) is 28.6 Å². The molecule has 42 heavy (non-hydrogen) atoms. The number of phosphoric acid groups is 1. The number of carbonyl (C=O) groups excluding carboxylic acids is 3. The number of allylic oxidation sites excluding steroid dienone is 3. The van der Waals surface area contributed by atoms with Crippen LogP contribution in [0.2, 0.25) is 0 Å². The Bertz CT molecular complexity index is 1440. The van der Waals surface area contributed by atoms with Crippen molar-refractivity contribution in [1.82, 2.24) is 0 Å². The van der Waals surface area contributed by atoms with Gasteiger partial charge in [0.05, 0.1) is 17.1 Å². The molecule has 1 aromatic rings. The third kappa shape index (κ3) is 4.85. The number of ketones is 2. The number of phosphoric ester groups is 1. The van der Waals surface area contributed by atoms with Gasteiger partial charge in [-0.1, -0.05) is 30.7 Å². The smallest absolute Gasteiger partial charge is 0.398 e. The molecule has 1 aromatic carbocycles. The predicted molar refractivity (Wildman–Crippen MR) is 146 cm³/mol. The molecule has 5 rings (SSSR count). The first-order valence-electron chi connectivity index (χ1n) is 13.6. The minimum Gasteiger partial charge on any atom is -0.398 e. The van der Waals surface area contributed by atoms with Gasteiger partial charge < -0.3 is 24.4 Å². The van der Waals surface area contributed by atoms with Crippen LogP contribution in [0.15, 0.2) is 53.8 Å². The molecule has 4 aliphatic rings. The Hall–Kier alpha value is -2.51. The lowest BCUT2D eigenvalue weighted by Gasteiger charge is -2.60. The van der Waals surface area contributed by atoms with Crippen molar-refractivity contribution < 1.29 is 56.0 Å². The summed E-state index contributed by atoms with van der Waals surface area (Å²) in [4.78, 5) is 38.2. The molecule has 0 saturated heterocycles. The van der Waals surface area contributed by atoms with Gasteiger partial charge in [0.2, 0.25) is 0 Å². The molecule has 0 aliphatic heterocycles. The summed E-state index contributed by atoms with van der Waals surface area (Å²) in [6, 6.07) is 7.39. The highest BCUT2D eigenvalue weighted by molar-refractivity contribution is 7.80. The quantitative estimate of drug-likeness (QED) is 0.244. The zero-order valence-corrected chi connectivity index (χ0v) is 24.7. The van der Waals surface area contributed by atoms with E-state index in [1.54, 1.807) is 19.9 Å². The summed E-state index contributed by atoms with van der Waals surface area (Å²) in [6.45, 7) is 2.59. The Kier molecular flexibility index (Phi) is 8.02. The highest BCUT2D eigenvalue weighted by Crippen LogP contribution is 2.69. The largest absolute Gasteiger partial charge is 0.605 e. The van der Waals surface area contributed by atoms with E-state index in [-0.39, 0.29) is 36.0 Å². The number of aliphatic hydroxyl groups is 3. The van der Waals surface area contributed by atoms with E-state index >= 15 is 0 Å². The summed E-state index contributed by atoms with van der Waals surface area (Å²) in [5.74, 6) is -3.89. The minimum absolute atomic E-state index is 0.0109. The second-order valence-electron chi connectivity index (χ2n) is 11.9.